The van der Waals surface area contributed by atoms with Crippen LogP contribution in [0.2, 0.25) is 0 Å². The van der Waals surface area contributed by atoms with Gasteiger partial charge in [-0.1, -0.05) is 6.92 Å². The van der Waals surface area contributed by atoms with E-state index in [1.54, 1.807) is 6.26 Å². The number of hydrogen-bond donors (Lipinski definition) is 1. The van der Waals surface area contributed by atoms with E-state index in [1.165, 1.54) is 18.4 Å². The van der Waals surface area contributed by atoms with Crippen LogP contribution in [0.25, 0.3) is 0 Å². The Morgan fingerprint density at radius 1 is 1.58 bits per heavy atom. The molecule has 0 saturated carbocycles. The normalized spacial score (nSPS) is 13.2. The molecule has 0 radical (unpaired) electrons. The van der Waals surface area contributed by atoms with Gasteiger partial charge in [0.15, 0.2) is 0 Å². The summed E-state index contributed by atoms with van der Waals surface area (Å²) < 4.78 is 4.99. The molecule has 1 heterocycles. The summed E-state index contributed by atoms with van der Waals surface area (Å²) in [7, 11) is 2.02. The Balaban J connectivity index is 2.25. The second-order valence-electron chi connectivity index (χ2n) is 3.06. The summed E-state index contributed by atoms with van der Waals surface area (Å²) in [6.45, 7) is 2.20. The third-order valence-corrected chi connectivity index (χ3v) is 2.26. The fourth-order valence-corrected chi connectivity index (χ4v) is 1.33. The van der Waals surface area contributed by atoms with E-state index in [2.05, 4.69) is 12.2 Å². The quantitative estimate of drug-likeness (QED) is 0.727. The first kappa shape index (κ1) is 9.33. The van der Waals surface area contributed by atoms with Crippen LogP contribution in [-0.2, 0) is 6.42 Å². The van der Waals surface area contributed by atoms with E-state index in [0.29, 0.717) is 6.04 Å². The van der Waals surface area contributed by atoms with Gasteiger partial charge in [0, 0.05) is 6.04 Å². The van der Waals surface area contributed by atoms with Crippen molar-refractivity contribution in [2.45, 2.75) is 32.2 Å². The molecule has 1 aromatic heterocycles. The molecule has 0 aromatic carbocycles. The molecule has 0 saturated heterocycles. The molecule has 0 amide bonds. The molecular weight excluding hydrogens is 150 g/mol. The average molecular weight is 167 g/mol. The Hall–Kier alpha value is -0.760. The van der Waals surface area contributed by atoms with Gasteiger partial charge < -0.3 is 9.73 Å². The van der Waals surface area contributed by atoms with Crippen molar-refractivity contribution in [1.82, 2.24) is 5.32 Å². The molecule has 0 aliphatic heterocycles. The maximum Gasteiger partial charge on any atom is 0.0934 e. The minimum absolute atomic E-state index is 0.639. The lowest BCUT2D eigenvalue weighted by molar-refractivity contribution is 0.505. The zero-order valence-electron chi connectivity index (χ0n) is 7.84. The van der Waals surface area contributed by atoms with Crippen molar-refractivity contribution in [2.24, 2.45) is 0 Å². The molecule has 12 heavy (non-hydrogen) atoms. The van der Waals surface area contributed by atoms with Gasteiger partial charge >= 0.3 is 0 Å². The van der Waals surface area contributed by atoms with Gasteiger partial charge in [0.05, 0.1) is 12.5 Å². The summed E-state index contributed by atoms with van der Waals surface area (Å²) in [4.78, 5) is 0. The van der Waals surface area contributed by atoms with Crippen molar-refractivity contribution in [2.75, 3.05) is 7.05 Å². The van der Waals surface area contributed by atoms with Gasteiger partial charge in [-0.25, -0.2) is 0 Å². The number of rotatable bonds is 5. The van der Waals surface area contributed by atoms with Crippen LogP contribution < -0.4 is 5.32 Å². The van der Waals surface area contributed by atoms with Gasteiger partial charge in [0.25, 0.3) is 0 Å². The van der Waals surface area contributed by atoms with Crippen molar-refractivity contribution in [1.29, 1.82) is 0 Å². The summed E-state index contributed by atoms with van der Waals surface area (Å²) >= 11 is 0. The molecule has 0 aliphatic rings. The summed E-state index contributed by atoms with van der Waals surface area (Å²) in [5, 5.41) is 3.28. The minimum atomic E-state index is 0.639. The van der Waals surface area contributed by atoms with E-state index in [0.717, 1.165) is 6.42 Å². The van der Waals surface area contributed by atoms with E-state index < -0.39 is 0 Å². The Morgan fingerprint density at radius 3 is 2.92 bits per heavy atom. The highest BCUT2D eigenvalue weighted by molar-refractivity contribution is 5.05. The topological polar surface area (TPSA) is 25.2 Å². The van der Waals surface area contributed by atoms with E-state index in [1.807, 2.05) is 19.4 Å². The molecule has 1 N–H and O–H groups in total. The van der Waals surface area contributed by atoms with Crippen molar-refractivity contribution in [3.05, 3.63) is 24.2 Å². The number of aryl methyl sites for hydroxylation is 1. The molecule has 0 bridgehead atoms. The van der Waals surface area contributed by atoms with E-state index in [4.69, 9.17) is 4.42 Å². The van der Waals surface area contributed by atoms with E-state index in [9.17, 15) is 0 Å². The van der Waals surface area contributed by atoms with Gasteiger partial charge in [-0.15, -0.1) is 0 Å². The van der Waals surface area contributed by atoms with E-state index >= 15 is 0 Å². The first-order valence-electron chi connectivity index (χ1n) is 4.55. The van der Waals surface area contributed by atoms with Crippen molar-refractivity contribution in [3.63, 3.8) is 0 Å². The second kappa shape index (κ2) is 4.99. The molecule has 0 spiro atoms. The fraction of sp³-hybridized carbons (Fsp3) is 0.600. The predicted molar refractivity (Wildman–Crippen MR) is 50.2 cm³/mol. The standard InChI is InChI=1S/C10H17NO/c1-3-10(11-2)5-4-9-6-7-12-8-9/h6-8,10-11H,3-5H2,1-2H3. The zero-order chi connectivity index (χ0) is 8.81. The molecule has 1 aromatic rings. The lowest BCUT2D eigenvalue weighted by atomic mass is 10.1. The summed E-state index contributed by atoms with van der Waals surface area (Å²) in [6.07, 6.45) is 7.04. The Labute approximate surface area is 74.0 Å². The zero-order valence-corrected chi connectivity index (χ0v) is 7.84. The summed E-state index contributed by atoms with van der Waals surface area (Å²) in [5.74, 6) is 0. The highest BCUT2D eigenvalue weighted by atomic mass is 16.3. The third-order valence-electron chi connectivity index (χ3n) is 2.26. The van der Waals surface area contributed by atoms with Crippen molar-refractivity contribution in [3.8, 4) is 0 Å². The molecule has 1 atom stereocenters. The van der Waals surface area contributed by atoms with Crippen LogP contribution in [0.3, 0.4) is 0 Å². The molecule has 1 unspecified atom stereocenters. The number of hydrogen-bond acceptors (Lipinski definition) is 2. The van der Waals surface area contributed by atoms with Crippen molar-refractivity contribution >= 4 is 0 Å². The van der Waals surface area contributed by atoms with Crippen LogP contribution in [0.5, 0.6) is 0 Å². The highest BCUT2D eigenvalue weighted by Crippen LogP contribution is 2.07. The van der Waals surface area contributed by atoms with Gasteiger partial charge in [-0.05, 0) is 37.9 Å². The number of furan rings is 1. The van der Waals surface area contributed by atoms with Crippen LogP contribution in [-0.4, -0.2) is 13.1 Å². The van der Waals surface area contributed by atoms with Crippen molar-refractivity contribution < 1.29 is 4.42 Å². The Morgan fingerprint density at radius 2 is 2.42 bits per heavy atom. The smallest absolute Gasteiger partial charge is 0.0934 e. The molecule has 1 rings (SSSR count). The Bertz CT molecular complexity index is 190. The molecule has 0 fully saturated rings. The molecule has 0 aliphatic carbocycles. The molecular formula is C10H17NO. The molecule has 2 heteroatoms. The van der Waals surface area contributed by atoms with E-state index in [-0.39, 0.29) is 0 Å². The third kappa shape index (κ3) is 2.70. The number of nitrogens with one attached hydrogen (secondary N) is 1. The van der Waals surface area contributed by atoms with Gasteiger partial charge in [-0.2, -0.15) is 0 Å². The van der Waals surface area contributed by atoms with Crippen LogP contribution in [0.1, 0.15) is 25.3 Å². The van der Waals surface area contributed by atoms with Gasteiger partial charge in [0.1, 0.15) is 0 Å². The van der Waals surface area contributed by atoms with Gasteiger partial charge in [-0.3, -0.25) is 0 Å². The maximum atomic E-state index is 4.99. The van der Waals surface area contributed by atoms with Crippen LogP contribution in [0, 0.1) is 0 Å². The average Bonchev–Trinajstić information content (AvgIpc) is 2.59. The summed E-state index contributed by atoms with van der Waals surface area (Å²) in [5.41, 5.74) is 1.30. The first-order chi connectivity index (χ1) is 5.86. The second-order valence-corrected chi connectivity index (χ2v) is 3.06. The lowest BCUT2D eigenvalue weighted by Crippen LogP contribution is -2.24. The predicted octanol–water partition coefficient (Wildman–Crippen LogP) is 2.21. The highest BCUT2D eigenvalue weighted by Gasteiger charge is 2.03. The van der Waals surface area contributed by atoms with Gasteiger partial charge in [0.2, 0.25) is 0 Å². The van der Waals surface area contributed by atoms with Crippen LogP contribution >= 0.6 is 0 Å². The van der Waals surface area contributed by atoms with Crippen LogP contribution in [0.15, 0.2) is 23.0 Å². The Kier molecular flexibility index (Phi) is 3.88. The first-order valence-corrected chi connectivity index (χ1v) is 4.55. The molecule has 68 valence electrons. The summed E-state index contributed by atoms with van der Waals surface area (Å²) in [6, 6.07) is 2.67. The lowest BCUT2D eigenvalue weighted by Gasteiger charge is -2.11. The van der Waals surface area contributed by atoms with Crippen LogP contribution in [0.4, 0.5) is 0 Å². The minimum Gasteiger partial charge on any atom is -0.472 e. The monoisotopic (exact) mass is 167 g/mol. The largest absolute Gasteiger partial charge is 0.472 e. The SMILES string of the molecule is CCC(CCc1ccoc1)NC. The molecule has 2 nitrogen and oxygen atoms in total. The maximum absolute atomic E-state index is 4.99. The fourth-order valence-electron chi connectivity index (χ4n) is 1.33.